The SMILES string of the molecule is CC(Br)c1cccc(NC(=O)O)c1. The Labute approximate surface area is 84.9 Å². The summed E-state index contributed by atoms with van der Waals surface area (Å²) in [6, 6.07) is 7.27. The van der Waals surface area contributed by atoms with E-state index in [2.05, 4.69) is 21.2 Å². The van der Waals surface area contributed by atoms with E-state index < -0.39 is 6.09 Å². The van der Waals surface area contributed by atoms with Crippen molar-refractivity contribution in [2.75, 3.05) is 5.32 Å². The van der Waals surface area contributed by atoms with Gasteiger partial charge < -0.3 is 5.11 Å². The lowest BCUT2D eigenvalue weighted by Crippen LogP contribution is -2.07. The third-order valence-electron chi connectivity index (χ3n) is 1.60. The van der Waals surface area contributed by atoms with Gasteiger partial charge in [-0.05, 0) is 24.6 Å². The van der Waals surface area contributed by atoms with Gasteiger partial charge in [-0.25, -0.2) is 4.79 Å². The second-order valence-corrected chi connectivity index (χ2v) is 4.05. The summed E-state index contributed by atoms with van der Waals surface area (Å²) in [5.74, 6) is 0. The van der Waals surface area contributed by atoms with Crippen LogP contribution < -0.4 is 5.32 Å². The van der Waals surface area contributed by atoms with Gasteiger partial charge in [0.1, 0.15) is 0 Å². The third-order valence-corrected chi connectivity index (χ3v) is 2.13. The summed E-state index contributed by atoms with van der Waals surface area (Å²) in [4.78, 5) is 10.6. The fourth-order valence-electron chi connectivity index (χ4n) is 0.987. The predicted molar refractivity (Wildman–Crippen MR) is 55.4 cm³/mol. The maximum absolute atomic E-state index is 10.3. The summed E-state index contributed by atoms with van der Waals surface area (Å²) in [5, 5.41) is 10.8. The van der Waals surface area contributed by atoms with E-state index in [1.54, 1.807) is 12.1 Å². The molecule has 1 amide bonds. The van der Waals surface area contributed by atoms with E-state index in [9.17, 15) is 4.79 Å². The number of hydrogen-bond donors (Lipinski definition) is 2. The molecule has 0 bridgehead atoms. The molecular formula is C9H10BrNO2. The van der Waals surface area contributed by atoms with Gasteiger partial charge in [0.25, 0.3) is 0 Å². The fraction of sp³-hybridized carbons (Fsp3) is 0.222. The smallest absolute Gasteiger partial charge is 0.409 e. The van der Waals surface area contributed by atoms with Crippen LogP contribution in [0.25, 0.3) is 0 Å². The summed E-state index contributed by atoms with van der Waals surface area (Å²) in [5.41, 5.74) is 1.64. The van der Waals surface area contributed by atoms with Gasteiger partial charge in [-0.2, -0.15) is 0 Å². The molecule has 0 aromatic heterocycles. The molecule has 13 heavy (non-hydrogen) atoms. The molecule has 1 aromatic carbocycles. The summed E-state index contributed by atoms with van der Waals surface area (Å²) in [7, 11) is 0. The largest absolute Gasteiger partial charge is 0.465 e. The standard InChI is InChI=1S/C9H10BrNO2/c1-6(10)7-3-2-4-8(5-7)11-9(12)13/h2-6,11H,1H3,(H,12,13). The van der Waals surface area contributed by atoms with Gasteiger partial charge >= 0.3 is 6.09 Å². The van der Waals surface area contributed by atoms with Gasteiger partial charge in [0.05, 0.1) is 0 Å². The van der Waals surface area contributed by atoms with Crippen molar-refractivity contribution >= 4 is 27.7 Å². The second kappa shape index (κ2) is 4.28. The minimum atomic E-state index is -1.04. The van der Waals surface area contributed by atoms with Crippen LogP contribution in [-0.4, -0.2) is 11.2 Å². The Bertz CT molecular complexity index is 312. The molecule has 1 aromatic rings. The minimum Gasteiger partial charge on any atom is -0.465 e. The molecule has 0 heterocycles. The Morgan fingerprint density at radius 2 is 2.31 bits per heavy atom. The van der Waals surface area contributed by atoms with E-state index in [1.165, 1.54) is 0 Å². The first kappa shape index (κ1) is 10.1. The maximum Gasteiger partial charge on any atom is 0.409 e. The molecule has 0 aliphatic carbocycles. The molecule has 0 saturated carbocycles. The van der Waals surface area contributed by atoms with E-state index in [0.29, 0.717) is 5.69 Å². The molecule has 1 atom stereocenters. The summed E-state index contributed by atoms with van der Waals surface area (Å²) in [6.45, 7) is 1.99. The van der Waals surface area contributed by atoms with Crippen LogP contribution in [0.5, 0.6) is 0 Å². The van der Waals surface area contributed by atoms with Crippen molar-refractivity contribution in [3.8, 4) is 0 Å². The van der Waals surface area contributed by atoms with Crippen molar-refractivity contribution in [1.82, 2.24) is 0 Å². The number of benzene rings is 1. The van der Waals surface area contributed by atoms with Crippen molar-refractivity contribution in [3.05, 3.63) is 29.8 Å². The lowest BCUT2D eigenvalue weighted by Gasteiger charge is -2.06. The Morgan fingerprint density at radius 3 is 2.85 bits per heavy atom. The first-order chi connectivity index (χ1) is 6.09. The minimum absolute atomic E-state index is 0.225. The van der Waals surface area contributed by atoms with E-state index in [0.717, 1.165) is 5.56 Å². The number of halogens is 1. The highest BCUT2D eigenvalue weighted by Crippen LogP contribution is 2.23. The molecule has 0 aliphatic heterocycles. The Hall–Kier alpha value is -1.03. The van der Waals surface area contributed by atoms with E-state index in [1.807, 2.05) is 19.1 Å². The summed E-state index contributed by atoms with van der Waals surface area (Å²) < 4.78 is 0. The van der Waals surface area contributed by atoms with Gasteiger partial charge in [0.15, 0.2) is 0 Å². The predicted octanol–water partition coefficient (Wildman–Crippen LogP) is 3.23. The molecule has 0 saturated heterocycles. The number of rotatable bonds is 2. The van der Waals surface area contributed by atoms with Crippen molar-refractivity contribution in [2.24, 2.45) is 0 Å². The number of amides is 1. The van der Waals surface area contributed by atoms with Gasteiger partial charge in [0.2, 0.25) is 0 Å². The van der Waals surface area contributed by atoms with Crippen molar-refractivity contribution in [3.63, 3.8) is 0 Å². The van der Waals surface area contributed by atoms with Crippen molar-refractivity contribution in [1.29, 1.82) is 0 Å². The average molecular weight is 244 g/mol. The van der Waals surface area contributed by atoms with Crippen LogP contribution in [0.15, 0.2) is 24.3 Å². The monoisotopic (exact) mass is 243 g/mol. The van der Waals surface area contributed by atoms with Gasteiger partial charge in [-0.1, -0.05) is 28.1 Å². The molecule has 0 spiro atoms. The molecule has 2 N–H and O–H groups in total. The zero-order valence-electron chi connectivity index (χ0n) is 7.12. The second-order valence-electron chi connectivity index (χ2n) is 2.67. The number of carboxylic acid groups (broad SMARTS) is 1. The average Bonchev–Trinajstić information content (AvgIpc) is 2.03. The lowest BCUT2D eigenvalue weighted by molar-refractivity contribution is 0.210. The molecular weight excluding hydrogens is 234 g/mol. The van der Waals surface area contributed by atoms with Crippen LogP contribution in [0.3, 0.4) is 0 Å². The molecule has 3 nitrogen and oxygen atoms in total. The number of alkyl halides is 1. The Kier molecular flexibility index (Phi) is 3.31. The topological polar surface area (TPSA) is 49.3 Å². The summed E-state index contributed by atoms with van der Waals surface area (Å²) in [6.07, 6.45) is -1.04. The summed E-state index contributed by atoms with van der Waals surface area (Å²) >= 11 is 3.41. The quantitative estimate of drug-likeness (QED) is 0.784. The lowest BCUT2D eigenvalue weighted by atomic mass is 10.1. The maximum atomic E-state index is 10.3. The van der Waals surface area contributed by atoms with Crippen molar-refractivity contribution in [2.45, 2.75) is 11.8 Å². The van der Waals surface area contributed by atoms with E-state index in [4.69, 9.17) is 5.11 Å². The molecule has 4 heteroatoms. The zero-order chi connectivity index (χ0) is 9.84. The normalized spacial score (nSPS) is 12.2. The molecule has 70 valence electrons. The molecule has 0 aliphatic rings. The zero-order valence-corrected chi connectivity index (χ0v) is 8.71. The molecule has 0 fully saturated rings. The van der Waals surface area contributed by atoms with Crippen LogP contribution in [0, 0.1) is 0 Å². The molecule has 0 radical (unpaired) electrons. The third kappa shape index (κ3) is 3.06. The molecule has 1 unspecified atom stereocenters. The van der Waals surface area contributed by atoms with Crippen LogP contribution in [0.4, 0.5) is 10.5 Å². The highest BCUT2D eigenvalue weighted by Gasteiger charge is 2.02. The first-order valence-corrected chi connectivity index (χ1v) is 4.75. The number of hydrogen-bond acceptors (Lipinski definition) is 1. The Morgan fingerprint density at radius 1 is 1.62 bits per heavy atom. The number of carbonyl (C=O) groups is 1. The number of nitrogens with one attached hydrogen (secondary N) is 1. The number of anilines is 1. The van der Waals surface area contributed by atoms with E-state index in [-0.39, 0.29) is 4.83 Å². The van der Waals surface area contributed by atoms with E-state index >= 15 is 0 Å². The fourth-order valence-corrected chi connectivity index (χ4v) is 1.27. The van der Waals surface area contributed by atoms with Crippen LogP contribution >= 0.6 is 15.9 Å². The van der Waals surface area contributed by atoms with Gasteiger partial charge in [-0.3, -0.25) is 5.32 Å². The van der Waals surface area contributed by atoms with Crippen molar-refractivity contribution < 1.29 is 9.90 Å². The van der Waals surface area contributed by atoms with Gasteiger partial charge in [-0.15, -0.1) is 0 Å². The highest BCUT2D eigenvalue weighted by atomic mass is 79.9. The van der Waals surface area contributed by atoms with Crippen LogP contribution in [0.2, 0.25) is 0 Å². The van der Waals surface area contributed by atoms with Gasteiger partial charge in [0, 0.05) is 10.5 Å². The van der Waals surface area contributed by atoms with Crippen LogP contribution in [-0.2, 0) is 0 Å². The first-order valence-electron chi connectivity index (χ1n) is 3.83. The Balaban J connectivity index is 2.85. The van der Waals surface area contributed by atoms with Crippen LogP contribution in [0.1, 0.15) is 17.3 Å². The highest BCUT2D eigenvalue weighted by molar-refractivity contribution is 9.09. The molecule has 1 rings (SSSR count).